The van der Waals surface area contributed by atoms with Gasteiger partial charge in [-0.05, 0) is 18.6 Å². The van der Waals surface area contributed by atoms with E-state index in [-0.39, 0.29) is 6.54 Å². The normalized spacial score (nSPS) is 12.2. The SMILES string of the molecule is CCCN(C)S(=O)(=O)c1ccccc1S(=O)(=O)N=C=O. The third kappa shape index (κ3) is 3.31. The Morgan fingerprint density at radius 2 is 1.70 bits per heavy atom. The smallest absolute Gasteiger partial charge is 0.210 e. The molecule has 0 saturated carbocycles. The standard InChI is InChI=1S/C11H14N2O5S2/c1-3-8-13(2)20(17,18)11-7-5-4-6-10(11)19(15,16)12-9-14/h4-7H,3,8H2,1-2H3. The van der Waals surface area contributed by atoms with E-state index in [1.165, 1.54) is 19.2 Å². The van der Waals surface area contributed by atoms with Crippen molar-refractivity contribution in [1.82, 2.24) is 4.31 Å². The van der Waals surface area contributed by atoms with Gasteiger partial charge in [0.25, 0.3) is 16.1 Å². The molecule has 0 amide bonds. The van der Waals surface area contributed by atoms with Gasteiger partial charge < -0.3 is 0 Å². The van der Waals surface area contributed by atoms with Crippen LogP contribution in [0.15, 0.2) is 38.5 Å². The zero-order valence-electron chi connectivity index (χ0n) is 11.0. The van der Waals surface area contributed by atoms with Crippen LogP contribution in [0.1, 0.15) is 13.3 Å². The van der Waals surface area contributed by atoms with Crippen LogP contribution >= 0.6 is 0 Å². The van der Waals surface area contributed by atoms with E-state index in [9.17, 15) is 21.6 Å². The quantitative estimate of drug-likeness (QED) is 0.569. The van der Waals surface area contributed by atoms with Gasteiger partial charge in [-0.15, -0.1) is 0 Å². The highest BCUT2D eigenvalue weighted by Crippen LogP contribution is 2.24. The molecule has 0 aliphatic heterocycles. The largest absolute Gasteiger partial charge is 0.294 e. The molecule has 0 bridgehead atoms. The summed E-state index contributed by atoms with van der Waals surface area (Å²) in [5.74, 6) is 0. The van der Waals surface area contributed by atoms with Gasteiger partial charge in [-0.1, -0.05) is 23.5 Å². The third-order valence-corrected chi connectivity index (χ3v) is 5.78. The van der Waals surface area contributed by atoms with Crippen LogP contribution in [0.5, 0.6) is 0 Å². The molecule has 20 heavy (non-hydrogen) atoms. The van der Waals surface area contributed by atoms with Gasteiger partial charge in [0.05, 0.1) is 0 Å². The Morgan fingerprint density at radius 1 is 1.15 bits per heavy atom. The number of carbonyl (C=O) groups excluding carboxylic acids is 1. The fourth-order valence-corrected chi connectivity index (χ4v) is 4.31. The highest BCUT2D eigenvalue weighted by atomic mass is 32.2. The Hall–Kier alpha value is -1.54. The zero-order valence-corrected chi connectivity index (χ0v) is 12.6. The van der Waals surface area contributed by atoms with E-state index in [2.05, 4.69) is 4.40 Å². The molecule has 0 saturated heterocycles. The molecule has 1 aromatic rings. The maximum Gasteiger partial charge on any atom is 0.294 e. The molecule has 0 aliphatic rings. The van der Waals surface area contributed by atoms with E-state index in [1.54, 1.807) is 6.92 Å². The lowest BCUT2D eigenvalue weighted by atomic mass is 10.4. The van der Waals surface area contributed by atoms with Gasteiger partial charge >= 0.3 is 0 Å². The van der Waals surface area contributed by atoms with Crippen LogP contribution in [0, 0.1) is 0 Å². The van der Waals surface area contributed by atoms with Crippen molar-refractivity contribution in [1.29, 1.82) is 0 Å². The molecule has 0 heterocycles. The van der Waals surface area contributed by atoms with Crippen LogP contribution in [0.25, 0.3) is 0 Å². The van der Waals surface area contributed by atoms with Gasteiger partial charge in [-0.25, -0.2) is 17.5 Å². The van der Waals surface area contributed by atoms with Crippen LogP contribution in [-0.4, -0.2) is 40.8 Å². The first-order valence-corrected chi connectivity index (χ1v) is 8.55. The van der Waals surface area contributed by atoms with Crippen LogP contribution in [0.4, 0.5) is 0 Å². The summed E-state index contributed by atoms with van der Waals surface area (Å²) >= 11 is 0. The molecule has 0 atom stereocenters. The number of hydrogen-bond acceptors (Lipinski definition) is 5. The van der Waals surface area contributed by atoms with Crippen molar-refractivity contribution in [3.63, 3.8) is 0 Å². The summed E-state index contributed by atoms with van der Waals surface area (Å²) in [6, 6.07) is 5.00. The predicted octanol–water partition coefficient (Wildman–Crippen LogP) is 0.742. The second kappa shape index (κ2) is 6.27. The lowest BCUT2D eigenvalue weighted by Crippen LogP contribution is -2.28. The van der Waals surface area contributed by atoms with Gasteiger partial charge in [-0.2, -0.15) is 8.42 Å². The first-order chi connectivity index (χ1) is 9.27. The van der Waals surface area contributed by atoms with Gasteiger partial charge in [-0.3, -0.25) is 0 Å². The van der Waals surface area contributed by atoms with Crippen molar-refractivity contribution < 1.29 is 21.6 Å². The van der Waals surface area contributed by atoms with E-state index < -0.39 is 29.8 Å². The number of benzene rings is 1. The second-order valence-electron chi connectivity index (χ2n) is 3.93. The lowest BCUT2D eigenvalue weighted by Gasteiger charge is -2.17. The van der Waals surface area contributed by atoms with Gasteiger partial charge in [0, 0.05) is 13.6 Å². The van der Waals surface area contributed by atoms with Crippen molar-refractivity contribution in [2.45, 2.75) is 23.1 Å². The maximum atomic E-state index is 12.3. The fourth-order valence-electron chi connectivity index (χ4n) is 1.58. The predicted molar refractivity (Wildman–Crippen MR) is 71.9 cm³/mol. The molecule has 0 aromatic heterocycles. The molecule has 0 radical (unpaired) electrons. The molecule has 0 N–H and O–H groups in total. The van der Waals surface area contributed by atoms with E-state index in [0.29, 0.717) is 6.42 Å². The van der Waals surface area contributed by atoms with Gasteiger partial charge in [0.1, 0.15) is 9.79 Å². The lowest BCUT2D eigenvalue weighted by molar-refractivity contribution is 0.466. The summed E-state index contributed by atoms with van der Waals surface area (Å²) in [5, 5.41) is 0. The molecule has 1 rings (SSSR count). The first-order valence-electron chi connectivity index (χ1n) is 5.67. The van der Waals surface area contributed by atoms with Crippen molar-refractivity contribution >= 4 is 26.1 Å². The number of isocyanates is 1. The number of rotatable bonds is 6. The van der Waals surface area contributed by atoms with Crippen LogP contribution in [0.3, 0.4) is 0 Å². The molecular formula is C11H14N2O5S2. The Labute approximate surface area is 118 Å². The third-order valence-electron chi connectivity index (χ3n) is 2.51. The van der Waals surface area contributed by atoms with Gasteiger partial charge in [0.15, 0.2) is 0 Å². The number of nitrogens with zero attached hydrogens (tertiary/aromatic N) is 2. The molecular weight excluding hydrogens is 304 g/mol. The average molecular weight is 318 g/mol. The molecule has 1 aromatic carbocycles. The van der Waals surface area contributed by atoms with Crippen LogP contribution in [-0.2, 0) is 24.8 Å². The van der Waals surface area contributed by atoms with E-state index in [1.807, 2.05) is 0 Å². The molecule has 9 heteroatoms. The second-order valence-corrected chi connectivity index (χ2v) is 7.52. The highest BCUT2D eigenvalue weighted by molar-refractivity contribution is 7.92. The monoisotopic (exact) mass is 318 g/mol. The van der Waals surface area contributed by atoms with Crippen molar-refractivity contribution in [2.75, 3.05) is 13.6 Å². The topological polar surface area (TPSA) is 101 Å². The fraction of sp³-hybridized carbons (Fsp3) is 0.364. The molecule has 0 fully saturated rings. The summed E-state index contributed by atoms with van der Waals surface area (Å²) in [6.45, 7) is 2.04. The van der Waals surface area contributed by atoms with Gasteiger partial charge in [0.2, 0.25) is 10.0 Å². The van der Waals surface area contributed by atoms with E-state index >= 15 is 0 Å². The first kappa shape index (κ1) is 16.5. The van der Waals surface area contributed by atoms with E-state index in [4.69, 9.17) is 0 Å². The summed E-state index contributed by atoms with van der Waals surface area (Å²) in [7, 11) is -6.99. The summed E-state index contributed by atoms with van der Waals surface area (Å²) in [5.41, 5.74) is 0. The Morgan fingerprint density at radius 3 is 2.20 bits per heavy atom. The Kier molecular flexibility index (Phi) is 5.18. The summed E-state index contributed by atoms with van der Waals surface area (Å²) in [4.78, 5) is 9.22. The number of hydrogen-bond donors (Lipinski definition) is 0. The minimum Gasteiger partial charge on any atom is -0.210 e. The average Bonchev–Trinajstić information content (AvgIpc) is 2.39. The van der Waals surface area contributed by atoms with Crippen molar-refractivity contribution in [3.8, 4) is 0 Å². The van der Waals surface area contributed by atoms with E-state index in [0.717, 1.165) is 22.5 Å². The molecule has 0 spiro atoms. The summed E-state index contributed by atoms with van der Waals surface area (Å²) in [6.07, 6.45) is 1.50. The zero-order chi connectivity index (χ0) is 15.4. The summed E-state index contributed by atoms with van der Waals surface area (Å²) < 4.78 is 51.9. The minimum absolute atomic E-state index is 0.244. The molecule has 7 nitrogen and oxygen atoms in total. The molecule has 0 aliphatic carbocycles. The highest BCUT2D eigenvalue weighted by Gasteiger charge is 2.28. The Bertz CT molecular complexity index is 734. The van der Waals surface area contributed by atoms with Crippen molar-refractivity contribution in [2.24, 2.45) is 4.40 Å². The maximum absolute atomic E-state index is 12.3. The molecule has 0 unspecified atom stereocenters. The van der Waals surface area contributed by atoms with Crippen LogP contribution in [0.2, 0.25) is 0 Å². The van der Waals surface area contributed by atoms with Crippen molar-refractivity contribution in [3.05, 3.63) is 24.3 Å². The Balaban J connectivity index is 3.53. The van der Waals surface area contributed by atoms with Crippen LogP contribution < -0.4 is 0 Å². The minimum atomic E-state index is -4.38. The number of sulfonamides is 2. The molecule has 110 valence electrons.